The quantitative estimate of drug-likeness (QED) is 0.237. The predicted molar refractivity (Wildman–Crippen MR) is 100.0 cm³/mol. The number of ether oxygens (including phenoxy) is 1. The minimum Gasteiger partial charge on any atom is -0.460 e. The van der Waals surface area contributed by atoms with Crippen LogP contribution >= 0.6 is 0 Å². The van der Waals surface area contributed by atoms with E-state index in [1.807, 2.05) is 0 Å². The van der Waals surface area contributed by atoms with Crippen LogP contribution in [0.1, 0.15) is 103 Å². The maximum absolute atomic E-state index is 11.1. The third-order valence-corrected chi connectivity index (χ3v) is 4.83. The van der Waals surface area contributed by atoms with Crippen LogP contribution in [-0.2, 0) is 9.53 Å². The number of esters is 1. The summed E-state index contributed by atoms with van der Waals surface area (Å²) in [6.45, 7) is 2.26. The summed E-state index contributed by atoms with van der Waals surface area (Å²) in [5.74, 6) is -0.437. The minimum atomic E-state index is -0.877. The summed E-state index contributed by atoms with van der Waals surface area (Å²) in [4.78, 5) is 11.1. The lowest BCUT2D eigenvalue weighted by molar-refractivity contribution is -0.147. The minimum absolute atomic E-state index is 0.0441. The molecule has 0 amide bonds. The molecule has 2 atom stereocenters. The molecule has 1 aliphatic rings. The average molecular weight is 339 g/mol. The fourth-order valence-electron chi connectivity index (χ4n) is 3.26. The Morgan fingerprint density at radius 3 is 2.00 bits per heavy atom. The highest BCUT2D eigenvalue weighted by molar-refractivity contribution is 5.76. The zero-order valence-corrected chi connectivity index (χ0v) is 15.7. The van der Waals surface area contributed by atoms with Gasteiger partial charge in [-0.1, -0.05) is 70.4 Å². The van der Waals surface area contributed by atoms with Crippen molar-refractivity contribution in [2.75, 3.05) is 0 Å². The molecule has 1 fully saturated rings. The largest absolute Gasteiger partial charge is 0.460 e. The van der Waals surface area contributed by atoms with E-state index in [2.05, 4.69) is 19.1 Å². The van der Waals surface area contributed by atoms with E-state index >= 15 is 0 Å². The highest BCUT2D eigenvalue weighted by Gasteiger charge is 2.31. The van der Waals surface area contributed by atoms with Gasteiger partial charge in [-0.15, -0.1) is 0 Å². The van der Waals surface area contributed by atoms with Crippen molar-refractivity contribution in [3.05, 3.63) is 12.2 Å². The van der Waals surface area contributed by atoms with Crippen molar-refractivity contribution in [2.45, 2.75) is 115 Å². The zero-order chi connectivity index (χ0) is 17.5. The molecular formula is C21H38O3. The number of allylic oxidation sites excluding steroid dienone is 2. The van der Waals surface area contributed by atoms with E-state index in [1.54, 1.807) is 0 Å². The van der Waals surface area contributed by atoms with E-state index < -0.39 is 12.1 Å². The molecule has 0 aromatic carbocycles. The summed E-state index contributed by atoms with van der Waals surface area (Å²) in [5.41, 5.74) is 0. The first kappa shape index (κ1) is 21.2. The van der Waals surface area contributed by atoms with Crippen molar-refractivity contribution in [3.8, 4) is 0 Å². The lowest BCUT2D eigenvalue weighted by Gasteiger charge is -2.07. The van der Waals surface area contributed by atoms with E-state index in [0.29, 0.717) is 6.42 Å². The molecule has 3 nitrogen and oxygen atoms in total. The van der Waals surface area contributed by atoms with Gasteiger partial charge in [0.1, 0.15) is 6.10 Å². The van der Waals surface area contributed by atoms with Crippen molar-refractivity contribution in [3.63, 3.8) is 0 Å². The molecule has 1 aliphatic heterocycles. The van der Waals surface area contributed by atoms with Crippen LogP contribution in [0.3, 0.4) is 0 Å². The Bertz CT molecular complexity index is 338. The first-order chi connectivity index (χ1) is 11.7. The normalized spacial score (nSPS) is 20.8. The first-order valence-electron chi connectivity index (χ1n) is 10.3. The number of cyclic esters (lactones) is 1. The fraction of sp³-hybridized carbons (Fsp3) is 0.857. The van der Waals surface area contributed by atoms with Gasteiger partial charge in [0, 0.05) is 6.42 Å². The van der Waals surface area contributed by atoms with Crippen LogP contribution in [0.15, 0.2) is 12.2 Å². The lowest BCUT2D eigenvalue weighted by Crippen LogP contribution is -2.11. The number of rotatable bonds is 15. The molecule has 1 saturated heterocycles. The molecule has 0 bridgehead atoms. The molecule has 1 rings (SSSR count). The third kappa shape index (κ3) is 10.9. The lowest BCUT2D eigenvalue weighted by atomic mass is 10.0. The van der Waals surface area contributed by atoms with E-state index in [4.69, 9.17) is 4.74 Å². The van der Waals surface area contributed by atoms with Crippen LogP contribution < -0.4 is 0 Å². The Morgan fingerprint density at radius 1 is 0.917 bits per heavy atom. The van der Waals surface area contributed by atoms with Crippen LogP contribution in [0.2, 0.25) is 0 Å². The van der Waals surface area contributed by atoms with Crippen molar-refractivity contribution in [2.24, 2.45) is 0 Å². The van der Waals surface area contributed by atoms with Gasteiger partial charge in [-0.05, 0) is 38.5 Å². The molecule has 0 radical (unpaired) electrons. The number of unbranched alkanes of at least 4 members (excludes halogenated alkanes) is 11. The van der Waals surface area contributed by atoms with Gasteiger partial charge in [0.2, 0.25) is 0 Å². The fourth-order valence-corrected chi connectivity index (χ4v) is 3.26. The molecular weight excluding hydrogens is 300 g/mol. The van der Waals surface area contributed by atoms with Crippen molar-refractivity contribution < 1.29 is 14.6 Å². The maximum atomic E-state index is 11.1. The molecule has 3 heteroatoms. The number of hydrogen-bond acceptors (Lipinski definition) is 3. The number of aliphatic hydroxyl groups is 1. The smallest absolute Gasteiger partial charge is 0.335 e. The molecule has 0 saturated carbocycles. The number of hydrogen-bond donors (Lipinski definition) is 1. The molecule has 24 heavy (non-hydrogen) atoms. The summed E-state index contributed by atoms with van der Waals surface area (Å²) in [7, 11) is 0. The monoisotopic (exact) mass is 338 g/mol. The van der Waals surface area contributed by atoms with E-state index in [-0.39, 0.29) is 6.10 Å². The molecule has 0 unspecified atom stereocenters. The molecule has 1 N–H and O–H groups in total. The van der Waals surface area contributed by atoms with Gasteiger partial charge in [-0.25, -0.2) is 4.79 Å². The van der Waals surface area contributed by atoms with Gasteiger partial charge >= 0.3 is 5.97 Å². The summed E-state index contributed by atoms with van der Waals surface area (Å²) in [6, 6.07) is 0. The molecule has 0 aromatic rings. The highest BCUT2D eigenvalue weighted by Crippen LogP contribution is 2.20. The Kier molecular flexibility index (Phi) is 12.8. The molecule has 0 aliphatic carbocycles. The number of aliphatic hydroxyl groups excluding tert-OH is 1. The number of carbonyl (C=O) groups is 1. The van der Waals surface area contributed by atoms with Gasteiger partial charge in [0.25, 0.3) is 0 Å². The first-order valence-corrected chi connectivity index (χ1v) is 10.3. The van der Waals surface area contributed by atoms with Gasteiger partial charge in [0.15, 0.2) is 6.10 Å². The third-order valence-electron chi connectivity index (χ3n) is 4.83. The van der Waals surface area contributed by atoms with E-state index in [1.165, 1.54) is 77.0 Å². The maximum Gasteiger partial charge on any atom is 0.335 e. The summed E-state index contributed by atoms with van der Waals surface area (Å²) in [6.07, 6.45) is 22.0. The molecule has 0 spiro atoms. The van der Waals surface area contributed by atoms with Crippen LogP contribution in [0.4, 0.5) is 0 Å². The van der Waals surface area contributed by atoms with Crippen molar-refractivity contribution in [1.29, 1.82) is 0 Å². The summed E-state index contributed by atoms with van der Waals surface area (Å²) >= 11 is 0. The van der Waals surface area contributed by atoms with Crippen LogP contribution in [-0.4, -0.2) is 23.3 Å². The topological polar surface area (TPSA) is 46.5 Å². The van der Waals surface area contributed by atoms with Crippen molar-refractivity contribution >= 4 is 5.97 Å². The van der Waals surface area contributed by atoms with Crippen LogP contribution in [0.25, 0.3) is 0 Å². The van der Waals surface area contributed by atoms with Crippen molar-refractivity contribution in [1.82, 2.24) is 0 Å². The molecule has 140 valence electrons. The van der Waals surface area contributed by atoms with E-state index in [9.17, 15) is 9.90 Å². The summed E-state index contributed by atoms with van der Waals surface area (Å²) < 4.78 is 5.09. The second kappa shape index (κ2) is 14.5. The molecule has 1 heterocycles. The van der Waals surface area contributed by atoms with E-state index in [0.717, 1.165) is 12.8 Å². The second-order valence-electron chi connectivity index (χ2n) is 7.18. The molecule has 0 aromatic heterocycles. The standard InChI is InChI=1S/C21H38O3/c1-2-3-4-5-6-7-8-9-10-11-12-13-14-15-16-17-19-18-20(22)21(23)24-19/h9-10,19-20,22H,2-8,11-18H2,1H3/b10-9-/t19-,20-/m1/s1. The Morgan fingerprint density at radius 2 is 1.46 bits per heavy atom. The number of carbonyl (C=O) groups excluding carboxylic acids is 1. The Balaban J connectivity index is 1.77. The highest BCUT2D eigenvalue weighted by atomic mass is 16.6. The van der Waals surface area contributed by atoms with Gasteiger partial charge < -0.3 is 9.84 Å². The van der Waals surface area contributed by atoms with Gasteiger partial charge in [-0.2, -0.15) is 0 Å². The zero-order valence-electron chi connectivity index (χ0n) is 15.7. The summed E-state index contributed by atoms with van der Waals surface area (Å²) in [5, 5.41) is 9.31. The van der Waals surface area contributed by atoms with Gasteiger partial charge in [-0.3, -0.25) is 0 Å². The van der Waals surface area contributed by atoms with Crippen LogP contribution in [0, 0.1) is 0 Å². The Hall–Kier alpha value is -0.830. The van der Waals surface area contributed by atoms with Crippen LogP contribution in [0.5, 0.6) is 0 Å². The SMILES string of the molecule is CCCCCCCC/C=C\CCCCCCC[C@@H]1C[C@@H](O)C(=O)O1. The second-order valence-corrected chi connectivity index (χ2v) is 7.18. The Labute approximate surface area is 148 Å². The average Bonchev–Trinajstić information content (AvgIpc) is 2.89. The van der Waals surface area contributed by atoms with Gasteiger partial charge in [0.05, 0.1) is 0 Å². The predicted octanol–water partition coefficient (Wildman–Crippen LogP) is 5.70.